The fraction of sp³-hybridized carbons (Fsp3) is 0.278. The Kier molecular flexibility index (Phi) is 4.31. The molecule has 3 aromatic rings. The lowest BCUT2D eigenvalue weighted by atomic mass is 9.98. The number of pyridine rings is 1. The molecule has 0 aliphatic carbocycles. The van der Waals surface area contributed by atoms with E-state index in [1.165, 1.54) is 16.9 Å². The largest absolute Gasteiger partial charge is 0.336 e. The molecular formula is C18H17ClN4OS. The number of amides is 1. The zero-order chi connectivity index (χ0) is 17.4. The molecule has 0 spiro atoms. The molecule has 0 atom stereocenters. The first-order chi connectivity index (χ1) is 12.1. The summed E-state index contributed by atoms with van der Waals surface area (Å²) >= 11 is 7.25. The molecule has 1 amide bonds. The van der Waals surface area contributed by atoms with Crippen molar-refractivity contribution in [1.29, 1.82) is 0 Å². The number of hydrogen-bond acceptors (Lipinski definition) is 4. The van der Waals surface area contributed by atoms with Gasteiger partial charge in [0.2, 0.25) is 0 Å². The predicted molar refractivity (Wildman–Crippen MR) is 98.3 cm³/mol. The molecule has 1 fully saturated rings. The van der Waals surface area contributed by atoms with E-state index in [0.29, 0.717) is 22.3 Å². The zero-order valence-corrected chi connectivity index (χ0v) is 15.3. The second kappa shape index (κ2) is 6.61. The van der Waals surface area contributed by atoms with Crippen molar-refractivity contribution in [2.45, 2.75) is 19.4 Å². The first-order valence-electron chi connectivity index (χ1n) is 8.07. The van der Waals surface area contributed by atoms with Gasteiger partial charge in [-0.1, -0.05) is 11.6 Å². The second-order valence-corrected chi connectivity index (χ2v) is 7.93. The Morgan fingerprint density at radius 3 is 2.72 bits per heavy atom. The van der Waals surface area contributed by atoms with E-state index < -0.39 is 0 Å². The summed E-state index contributed by atoms with van der Waals surface area (Å²) in [5.74, 6) is 1.37. The summed E-state index contributed by atoms with van der Waals surface area (Å²) in [4.78, 5) is 23.7. The minimum atomic E-state index is 0.0529. The van der Waals surface area contributed by atoms with Crippen LogP contribution < -0.4 is 0 Å². The quantitative estimate of drug-likeness (QED) is 0.703. The number of thiophene rings is 1. The van der Waals surface area contributed by atoms with Gasteiger partial charge in [0.25, 0.3) is 5.91 Å². The smallest absolute Gasteiger partial charge is 0.264 e. The molecule has 0 aromatic carbocycles. The third kappa shape index (κ3) is 3.19. The SMILES string of the molecule is Cc1cnc(C2CN(C(=O)c3ccc(Cl)s3)C2)n1Cc1ccncc1. The van der Waals surface area contributed by atoms with Crippen molar-refractivity contribution in [3.63, 3.8) is 0 Å². The molecule has 1 aliphatic rings. The maximum absolute atomic E-state index is 12.4. The molecule has 25 heavy (non-hydrogen) atoms. The summed E-state index contributed by atoms with van der Waals surface area (Å²) in [6.45, 7) is 4.23. The number of nitrogens with zero attached hydrogens (tertiary/aromatic N) is 4. The summed E-state index contributed by atoms with van der Waals surface area (Å²) in [6, 6.07) is 7.58. The number of aryl methyl sites for hydroxylation is 1. The maximum atomic E-state index is 12.4. The topological polar surface area (TPSA) is 51.0 Å². The van der Waals surface area contributed by atoms with Crippen LogP contribution in [0.2, 0.25) is 4.34 Å². The van der Waals surface area contributed by atoms with Gasteiger partial charge in [0.1, 0.15) is 5.82 Å². The number of carbonyl (C=O) groups is 1. The Morgan fingerprint density at radius 2 is 2.04 bits per heavy atom. The first-order valence-corrected chi connectivity index (χ1v) is 9.27. The summed E-state index contributed by atoms with van der Waals surface area (Å²) in [5, 5.41) is 0. The average Bonchev–Trinajstić information content (AvgIpc) is 3.15. The molecule has 0 N–H and O–H groups in total. The maximum Gasteiger partial charge on any atom is 0.264 e. The standard InChI is InChI=1S/C18H17ClN4OS/c1-12-8-21-17(23(12)9-13-4-6-20-7-5-13)14-10-22(11-14)18(24)15-2-3-16(19)25-15/h2-8,14H,9-11H2,1H3. The second-order valence-electron chi connectivity index (χ2n) is 6.21. The monoisotopic (exact) mass is 372 g/mol. The highest BCUT2D eigenvalue weighted by molar-refractivity contribution is 7.17. The molecule has 7 heteroatoms. The number of carbonyl (C=O) groups excluding carboxylic acids is 1. The van der Waals surface area contributed by atoms with Crippen LogP contribution in [0, 0.1) is 6.92 Å². The van der Waals surface area contributed by atoms with Crippen LogP contribution in [0.1, 0.15) is 32.7 Å². The van der Waals surface area contributed by atoms with Gasteiger partial charge in [0.05, 0.1) is 15.1 Å². The van der Waals surface area contributed by atoms with Gasteiger partial charge in [-0.05, 0) is 36.8 Å². The van der Waals surface area contributed by atoms with Crippen LogP contribution in [0.5, 0.6) is 0 Å². The minimum Gasteiger partial charge on any atom is -0.336 e. The van der Waals surface area contributed by atoms with Gasteiger partial charge in [0.15, 0.2) is 0 Å². The average molecular weight is 373 g/mol. The van der Waals surface area contributed by atoms with E-state index in [0.717, 1.165) is 18.1 Å². The zero-order valence-electron chi connectivity index (χ0n) is 13.7. The van der Waals surface area contributed by atoms with Gasteiger partial charge in [-0.25, -0.2) is 4.98 Å². The van der Waals surface area contributed by atoms with Crippen molar-refractivity contribution in [2.75, 3.05) is 13.1 Å². The molecule has 0 saturated carbocycles. The molecule has 3 aromatic heterocycles. The number of likely N-dealkylation sites (tertiary alicyclic amines) is 1. The first kappa shape index (κ1) is 16.3. The van der Waals surface area contributed by atoms with Gasteiger partial charge < -0.3 is 9.47 Å². The summed E-state index contributed by atoms with van der Waals surface area (Å²) < 4.78 is 2.87. The van der Waals surface area contributed by atoms with Crippen LogP contribution in [0.4, 0.5) is 0 Å². The van der Waals surface area contributed by atoms with Crippen LogP contribution in [0.15, 0.2) is 42.9 Å². The lowest BCUT2D eigenvalue weighted by Gasteiger charge is -2.38. The van der Waals surface area contributed by atoms with E-state index in [4.69, 9.17) is 11.6 Å². The van der Waals surface area contributed by atoms with Crippen molar-refractivity contribution in [3.05, 3.63) is 69.2 Å². The Labute approximate surface area is 154 Å². The highest BCUT2D eigenvalue weighted by Crippen LogP contribution is 2.31. The Morgan fingerprint density at radius 1 is 1.28 bits per heavy atom. The minimum absolute atomic E-state index is 0.0529. The van der Waals surface area contributed by atoms with E-state index in [1.807, 2.05) is 23.2 Å². The Balaban J connectivity index is 1.47. The molecule has 5 nitrogen and oxygen atoms in total. The van der Waals surface area contributed by atoms with Gasteiger partial charge in [-0.3, -0.25) is 9.78 Å². The van der Waals surface area contributed by atoms with Gasteiger partial charge >= 0.3 is 0 Å². The van der Waals surface area contributed by atoms with Gasteiger partial charge in [0, 0.05) is 43.9 Å². The van der Waals surface area contributed by atoms with Crippen LogP contribution in [-0.4, -0.2) is 38.4 Å². The van der Waals surface area contributed by atoms with Crippen molar-refractivity contribution < 1.29 is 4.79 Å². The summed E-state index contributed by atoms with van der Waals surface area (Å²) in [5.41, 5.74) is 2.32. The van der Waals surface area contributed by atoms with E-state index in [9.17, 15) is 4.79 Å². The molecule has 1 aliphatic heterocycles. The van der Waals surface area contributed by atoms with Crippen molar-refractivity contribution in [1.82, 2.24) is 19.4 Å². The number of aromatic nitrogens is 3. The fourth-order valence-electron chi connectivity index (χ4n) is 3.07. The number of rotatable bonds is 4. The Hall–Kier alpha value is -2.18. The molecule has 0 bridgehead atoms. The molecule has 0 unspecified atom stereocenters. The van der Waals surface area contributed by atoms with Gasteiger partial charge in [-0.15, -0.1) is 11.3 Å². The van der Waals surface area contributed by atoms with Crippen LogP contribution in [-0.2, 0) is 6.54 Å². The van der Waals surface area contributed by atoms with Crippen LogP contribution in [0.3, 0.4) is 0 Å². The molecular weight excluding hydrogens is 356 g/mol. The summed E-state index contributed by atoms with van der Waals surface area (Å²) in [6.07, 6.45) is 5.51. The lowest BCUT2D eigenvalue weighted by molar-refractivity contribution is 0.0596. The molecule has 1 saturated heterocycles. The van der Waals surface area contributed by atoms with Crippen molar-refractivity contribution in [2.24, 2.45) is 0 Å². The molecule has 4 heterocycles. The third-order valence-electron chi connectivity index (χ3n) is 4.49. The molecule has 128 valence electrons. The van der Waals surface area contributed by atoms with Gasteiger partial charge in [-0.2, -0.15) is 0 Å². The lowest BCUT2D eigenvalue weighted by Crippen LogP contribution is -2.49. The van der Waals surface area contributed by atoms with Crippen molar-refractivity contribution >= 4 is 28.8 Å². The predicted octanol–water partition coefficient (Wildman–Crippen LogP) is 3.59. The Bertz CT molecular complexity index is 899. The van der Waals surface area contributed by atoms with E-state index in [-0.39, 0.29) is 11.8 Å². The molecule has 4 rings (SSSR count). The van der Waals surface area contributed by atoms with E-state index >= 15 is 0 Å². The van der Waals surface area contributed by atoms with E-state index in [2.05, 4.69) is 21.5 Å². The third-order valence-corrected chi connectivity index (χ3v) is 5.71. The number of hydrogen-bond donors (Lipinski definition) is 0. The van der Waals surface area contributed by atoms with E-state index in [1.54, 1.807) is 24.5 Å². The van der Waals surface area contributed by atoms with Crippen LogP contribution in [0.25, 0.3) is 0 Å². The van der Waals surface area contributed by atoms with Crippen molar-refractivity contribution in [3.8, 4) is 0 Å². The van der Waals surface area contributed by atoms with Crippen LogP contribution >= 0.6 is 22.9 Å². The highest BCUT2D eigenvalue weighted by atomic mass is 35.5. The number of halogens is 1. The normalized spacial score (nSPS) is 14.6. The molecule has 0 radical (unpaired) electrons. The fourth-order valence-corrected chi connectivity index (χ4v) is 4.09. The summed E-state index contributed by atoms with van der Waals surface area (Å²) in [7, 11) is 0. The number of imidazole rings is 1. The highest BCUT2D eigenvalue weighted by Gasteiger charge is 2.35.